The van der Waals surface area contributed by atoms with Gasteiger partial charge in [0.15, 0.2) is 6.10 Å². The van der Waals surface area contributed by atoms with E-state index in [1.165, 1.54) is 12.1 Å². The van der Waals surface area contributed by atoms with E-state index < -0.39 is 12.0 Å². The van der Waals surface area contributed by atoms with Crippen molar-refractivity contribution in [1.29, 1.82) is 0 Å². The first-order valence-corrected chi connectivity index (χ1v) is 7.99. The van der Waals surface area contributed by atoms with E-state index in [4.69, 9.17) is 28.9 Å². The van der Waals surface area contributed by atoms with Crippen LogP contribution in [0.1, 0.15) is 28.8 Å². The average Bonchev–Trinajstić information content (AvgIpc) is 2.82. The van der Waals surface area contributed by atoms with Crippen molar-refractivity contribution >= 4 is 29.1 Å². The smallest absolute Gasteiger partial charge is 0.253 e. The molecule has 0 saturated heterocycles. The lowest BCUT2D eigenvalue weighted by Crippen LogP contribution is -2.42. The third-order valence-electron chi connectivity index (χ3n) is 4.06. The molecule has 0 spiro atoms. The molecular formula is C17H16Cl2N2O2. The van der Waals surface area contributed by atoms with Crippen LogP contribution in [0.15, 0.2) is 42.5 Å². The standard InChI is InChI=1S/C17H16Cl2N2O2/c18-11-5-10(6-12(19)8-11)16(22)17(23)21-14-7-9-3-1-2-4-13(9)15(14)20/h1-6,8,14-16,22H,7,20H2,(H,21,23)/t14-,15-,16?/m1/s1. The van der Waals surface area contributed by atoms with Gasteiger partial charge in [0, 0.05) is 10.0 Å². The predicted octanol–water partition coefficient (Wildman–Crippen LogP) is 2.77. The van der Waals surface area contributed by atoms with E-state index in [2.05, 4.69) is 5.32 Å². The molecule has 3 rings (SSSR count). The summed E-state index contributed by atoms with van der Waals surface area (Å²) in [7, 11) is 0. The fourth-order valence-corrected chi connectivity index (χ4v) is 3.46. The molecule has 0 fully saturated rings. The highest BCUT2D eigenvalue weighted by Gasteiger charge is 2.32. The largest absolute Gasteiger partial charge is 0.378 e. The molecule has 0 saturated carbocycles. The number of benzene rings is 2. The molecule has 23 heavy (non-hydrogen) atoms. The first kappa shape index (κ1) is 16.3. The van der Waals surface area contributed by atoms with E-state index >= 15 is 0 Å². The molecule has 0 aromatic heterocycles. The number of nitrogens with one attached hydrogen (secondary N) is 1. The van der Waals surface area contributed by atoms with Crippen LogP contribution in [0.3, 0.4) is 0 Å². The Hall–Kier alpha value is -1.59. The zero-order chi connectivity index (χ0) is 16.6. The molecule has 0 radical (unpaired) electrons. The molecule has 1 aliphatic rings. The Labute approximate surface area is 144 Å². The maximum Gasteiger partial charge on any atom is 0.253 e. The van der Waals surface area contributed by atoms with Gasteiger partial charge < -0.3 is 16.2 Å². The van der Waals surface area contributed by atoms with Crippen LogP contribution in [0.5, 0.6) is 0 Å². The number of aliphatic hydroxyl groups is 1. The van der Waals surface area contributed by atoms with Crippen LogP contribution in [0, 0.1) is 0 Å². The number of amides is 1. The Morgan fingerprint density at radius 1 is 1.22 bits per heavy atom. The van der Waals surface area contributed by atoms with Gasteiger partial charge in [0.1, 0.15) is 0 Å². The van der Waals surface area contributed by atoms with E-state index in [-0.39, 0.29) is 12.1 Å². The van der Waals surface area contributed by atoms with Crippen LogP contribution in [0.2, 0.25) is 10.0 Å². The fraction of sp³-hybridized carbons (Fsp3) is 0.235. The van der Waals surface area contributed by atoms with Crippen LogP contribution >= 0.6 is 23.2 Å². The number of hydrogen-bond acceptors (Lipinski definition) is 3. The Morgan fingerprint density at radius 3 is 2.52 bits per heavy atom. The van der Waals surface area contributed by atoms with Gasteiger partial charge in [-0.1, -0.05) is 47.5 Å². The summed E-state index contributed by atoms with van der Waals surface area (Å²) >= 11 is 11.8. The van der Waals surface area contributed by atoms with Gasteiger partial charge in [-0.2, -0.15) is 0 Å². The van der Waals surface area contributed by atoms with Crippen molar-refractivity contribution in [2.45, 2.75) is 24.6 Å². The van der Waals surface area contributed by atoms with E-state index in [9.17, 15) is 9.90 Å². The van der Waals surface area contributed by atoms with Crippen LogP contribution in [0.25, 0.3) is 0 Å². The Kier molecular flexibility index (Phi) is 4.60. The molecule has 4 N–H and O–H groups in total. The van der Waals surface area contributed by atoms with Crippen molar-refractivity contribution in [2.75, 3.05) is 0 Å². The molecule has 120 valence electrons. The minimum absolute atomic E-state index is 0.246. The lowest BCUT2D eigenvalue weighted by Gasteiger charge is -2.20. The Balaban J connectivity index is 1.72. The van der Waals surface area contributed by atoms with Gasteiger partial charge >= 0.3 is 0 Å². The first-order valence-electron chi connectivity index (χ1n) is 7.23. The molecule has 1 aliphatic carbocycles. The van der Waals surface area contributed by atoms with Crippen molar-refractivity contribution in [3.63, 3.8) is 0 Å². The van der Waals surface area contributed by atoms with Crippen molar-refractivity contribution in [1.82, 2.24) is 5.32 Å². The van der Waals surface area contributed by atoms with Crippen molar-refractivity contribution < 1.29 is 9.90 Å². The quantitative estimate of drug-likeness (QED) is 0.796. The van der Waals surface area contributed by atoms with E-state index in [0.29, 0.717) is 22.0 Å². The highest BCUT2D eigenvalue weighted by Crippen LogP contribution is 2.30. The summed E-state index contributed by atoms with van der Waals surface area (Å²) in [5.41, 5.74) is 8.68. The topological polar surface area (TPSA) is 75.3 Å². The molecule has 3 atom stereocenters. The van der Waals surface area contributed by atoms with E-state index in [0.717, 1.165) is 11.1 Å². The van der Waals surface area contributed by atoms with Crippen molar-refractivity contribution in [2.24, 2.45) is 5.73 Å². The second-order valence-electron chi connectivity index (χ2n) is 5.65. The molecule has 2 aromatic rings. The summed E-state index contributed by atoms with van der Waals surface area (Å²) in [5, 5.41) is 13.8. The summed E-state index contributed by atoms with van der Waals surface area (Å²) in [6, 6.07) is 11.9. The zero-order valence-electron chi connectivity index (χ0n) is 12.2. The monoisotopic (exact) mass is 350 g/mol. The summed E-state index contributed by atoms with van der Waals surface area (Å²) in [6.45, 7) is 0. The number of aliphatic hydroxyl groups excluding tert-OH is 1. The third-order valence-corrected chi connectivity index (χ3v) is 4.50. The van der Waals surface area contributed by atoms with Crippen LogP contribution in [-0.4, -0.2) is 17.1 Å². The lowest BCUT2D eigenvalue weighted by molar-refractivity contribution is -0.130. The predicted molar refractivity (Wildman–Crippen MR) is 90.4 cm³/mol. The summed E-state index contributed by atoms with van der Waals surface area (Å²) in [5.74, 6) is -0.517. The van der Waals surface area contributed by atoms with Crippen molar-refractivity contribution in [3.8, 4) is 0 Å². The number of nitrogens with two attached hydrogens (primary N) is 1. The summed E-state index contributed by atoms with van der Waals surface area (Å²) in [4.78, 5) is 12.3. The minimum Gasteiger partial charge on any atom is -0.378 e. The van der Waals surface area contributed by atoms with Crippen LogP contribution in [-0.2, 0) is 11.2 Å². The van der Waals surface area contributed by atoms with E-state index in [1.807, 2.05) is 24.3 Å². The van der Waals surface area contributed by atoms with E-state index in [1.54, 1.807) is 6.07 Å². The summed E-state index contributed by atoms with van der Waals surface area (Å²) in [6.07, 6.45) is -0.700. The molecule has 1 amide bonds. The molecule has 1 unspecified atom stereocenters. The summed E-state index contributed by atoms with van der Waals surface area (Å²) < 4.78 is 0. The van der Waals surface area contributed by atoms with Crippen molar-refractivity contribution in [3.05, 3.63) is 69.2 Å². The molecule has 0 aliphatic heterocycles. The average molecular weight is 351 g/mol. The molecule has 6 heteroatoms. The number of hydrogen-bond donors (Lipinski definition) is 3. The van der Waals surface area contributed by atoms with Gasteiger partial charge in [0.05, 0.1) is 12.1 Å². The van der Waals surface area contributed by atoms with Gasteiger partial charge in [0.2, 0.25) is 0 Å². The van der Waals surface area contributed by atoms with Crippen LogP contribution in [0.4, 0.5) is 0 Å². The third kappa shape index (κ3) is 3.35. The number of halogens is 2. The number of carbonyl (C=O) groups excluding carboxylic acids is 1. The second-order valence-corrected chi connectivity index (χ2v) is 6.52. The zero-order valence-corrected chi connectivity index (χ0v) is 13.7. The van der Waals surface area contributed by atoms with Gasteiger partial charge in [-0.05, 0) is 41.3 Å². The molecular weight excluding hydrogens is 335 g/mol. The maximum absolute atomic E-state index is 12.3. The molecule has 4 nitrogen and oxygen atoms in total. The fourth-order valence-electron chi connectivity index (χ4n) is 2.91. The second kappa shape index (κ2) is 6.49. The van der Waals surface area contributed by atoms with Gasteiger partial charge in [-0.15, -0.1) is 0 Å². The minimum atomic E-state index is -1.35. The lowest BCUT2D eigenvalue weighted by atomic mass is 10.1. The first-order chi connectivity index (χ1) is 11.0. The van der Waals surface area contributed by atoms with Gasteiger partial charge in [-0.3, -0.25) is 4.79 Å². The highest BCUT2D eigenvalue weighted by molar-refractivity contribution is 6.34. The molecule has 0 bridgehead atoms. The highest BCUT2D eigenvalue weighted by atomic mass is 35.5. The normalized spacial score (nSPS) is 20.9. The molecule has 2 aromatic carbocycles. The van der Waals surface area contributed by atoms with Crippen LogP contribution < -0.4 is 11.1 Å². The Morgan fingerprint density at radius 2 is 1.87 bits per heavy atom. The maximum atomic E-state index is 12.3. The van der Waals surface area contributed by atoms with Gasteiger partial charge in [0.25, 0.3) is 5.91 Å². The molecule has 0 heterocycles. The SMILES string of the molecule is N[C@@H]1c2ccccc2C[C@H]1NC(=O)C(O)c1cc(Cl)cc(Cl)c1. The Bertz CT molecular complexity index is 731. The number of rotatable bonds is 3. The number of fused-ring (bicyclic) bond motifs is 1. The van der Waals surface area contributed by atoms with Gasteiger partial charge in [-0.25, -0.2) is 0 Å². The number of carbonyl (C=O) groups is 1.